The lowest BCUT2D eigenvalue weighted by atomic mass is 9.94. The minimum atomic E-state index is -0.520. The van der Waals surface area contributed by atoms with Gasteiger partial charge < -0.3 is 10.4 Å². The highest BCUT2D eigenvalue weighted by atomic mass is 35.5. The second-order valence-corrected chi connectivity index (χ2v) is 7.14. The van der Waals surface area contributed by atoms with Crippen molar-refractivity contribution in [3.63, 3.8) is 0 Å². The van der Waals surface area contributed by atoms with E-state index in [2.05, 4.69) is 20.6 Å². The van der Waals surface area contributed by atoms with E-state index in [-0.39, 0.29) is 17.5 Å². The first-order valence-electron chi connectivity index (χ1n) is 9.16. The molecular weight excluding hydrogens is 397 g/mol. The van der Waals surface area contributed by atoms with E-state index in [0.717, 1.165) is 11.3 Å². The van der Waals surface area contributed by atoms with E-state index < -0.39 is 11.7 Å². The van der Waals surface area contributed by atoms with Crippen LogP contribution in [0, 0.1) is 18.7 Å². The molecule has 0 aliphatic rings. The summed E-state index contributed by atoms with van der Waals surface area (Å²) in [6.07, 6.45) is 7.72. The maximum absolute atomic E-state index is 13.7. The molecule has 29 heavy (non-hydrogen) atoms. The van der Waals surface area contributed by atoms with Crippen molar-refractivity contribution < 1.29 is 14.3 Å². The molecule has 3 rings (SSSR count). The maximum Gasteiger partial charge on any atom is 0.227 e. The van der Waals surface area contributed by atoms with Crippen molar-refractivity contribution in [2.24, 2.45) is 5.92 Å². The van der Waals surface area contributed by atoms with Gasteiger partial charge >= 0.3 is 0 Å². The van der Waals surface area contributed by atoms with Gasteiger partial charge in [0.05, 0.1) is 41.2 Å². The highest BCUT2D eigenvalue weighted by molar-refractivity contribution is 6.30. The summed E-state index contributed by atoms with van der Waals surface area (Å²) in [5, 5.41) is 24.0. The second kappa shape index (κ2) is 9.58. The molecule has 152 valence electrons. The number of hydrogen-bond donors (Lipinski definition) is 2. The van der Waals surface area contributed by atoms with Crippen molar-refractivity contribution in [2.75, 3.05) is 11.9 Å². The molecule has 2 aromatic heterocycles. The molecule has 1 amide bonds. The minimum Gasteiger partial charge on any atom is -0.396 e. The summed E-state index contributed by atoms with van der Waals surface area (Å²) in [5.74, 6) is -1.18. The van der Waals surface area contributed by atoms with Gasteiger partial charge in [-0.25, -0.2) is 9.07 Å². The number of carbonyl (C=O) groups excluding carboxylic acids is 1. The van der Waals surface area contributed by atoms with Crippen LogP contribution in [-0.2, 0) is 11.2 Å². The summed E-state index contributed by atoms with van der Waals surface area (Å²) < 4.78 is 15.3. The monoisotopic (exact) mass is 417 g/mol. The molecule has 0 unspecified atom stereocenters. The van der Waals surface area contributed by atoms with Crippen LogP contribution in [0.1, 0.15) is 24.0 Å². The molecule has 0 fully saturated rings. The summed E-state index contributed by atoms with van der Waals surface area (Å²) in [5.41, 5.74) is 2.85. The van der Waals surface area contributed by atoms with E-state index in [4.69, 9.17) is 16.7 Å². The molecule has 0 spiro atoms. The van der Waals surface area contributed by atoms with Gasteiger partial charge in [0.1, 0.15) is 5.82 Å². The Morgan fingerprint density at radius 3 is 2.83 bits per heavy atom. The average molecular weight is 418 g/mol. The van der Waals surface area contributed by atoms with Crippen LogP contribution >= 0.6 is 11.6 Å². The van der Waals surface area contributed by atoms with Crippen molar-refractivity contribution in [3.05, 3.63) is 65.0 Å². The molecule has 9 heteroatoms. The third-order valence-electron chi connectivity index (χ3n) is 4.55. The highest BCUT2D eigenvalue weighted by Gasteiger charge is 2.20. The van der Waals surface area contributed by atoms with Gasteiger partial charge in [0, 0.05) is 12.5 Å². The number of hydrogen-bond acceptors (Lipinski definition) is 5. The van der Waals surface area contributed by atoms with Crippen LogP contribution in [0.15, 0.2) is 43.0 Å². The summed E-state index contributed by atoms with van der Waals surface area (Å²) in [4.78, 5) is 12.8. The van der Waals surface area contributed by atoms with Crippen molar-refractivity contribution in [1.29, 1.82) is 0 Å². The predicted molar refractivity (Wildman–Crippen MR) is 107 cm³/mol. The number of nitrogens with zero attached hydrogens (tertiary/aromatic N) is 4. The number of aryl methyl sites for hydroxylation is 1. The Balaban J connectivity index is 1.73. The number of halogens is 2. The molecule has 1 aromatic carbocycles. The number of rotatable bonds is 8. The summed E-state index contributed by atoms with van der Waals surface area (Å²) in [6, 6.07) is 4.50. The number of aliphatic hydroxyl groups excluding tert-OH is 1. The molecule has 0 saturated heterocycles. The highest BCUT2D eigenvalue weighted by Crippen LogP contribution is 2.22. The summed E-state index contributed by atoms with van der Waals surface area (Å²) in [7, 11) is 0. The summed E-state index contributed by atoms with van der Waals surface area (Å²) >= 11 is 5.73. The van der Waals surface area contributed by atoms with Gasteiger partial charge in [-0.05, 0) is 49.4 Å². The molecule has 7 nitrogen and oxygen atoms in total. The molecule has 0 saturated carbocycles. The Bertz CT molecular complexity index is 995. The second-order valence-electron chi connectivity index (χ2n) is 6.74. The quantitative estimate of drug-likeness (QED) is 0.586. The molecular formula is C20H21ClFN5O2. The van der Waals surface area contributed by atoms with Gasteiger partial charge in [-0.2, -0.15) is 15.3 Å². The van der Waals surface area contributed by atoms with Crippen LogP contribution in [0.3, 0.4) is 0 Å². The fourth-order valence-electron chi connectivity index (χ4n) is 2.99. The third-order valence-corrected chi connectivity index (χ3v) is 4.85. The van der Waals surface area contributed by atoms with Gasteiger partial charge in [-0.3, -0.25) is 4.79 Å². The Morgan fingerprint density at radius 2 is 2.10 bits per heavy atom. The average Bonchev–Trinajstić information content (AvgIpc) is 3.16. The van der Waals surface area contributed by atoms with Crippen LogP contribution in [0.25, 0.3) is 5.69 Å². The summed E-state index contributed by atoms with van der Waals surface area (Å²) in [6.45, 7) is 1.87. The zero-order valence-corrected chi connectivity index (χ0v) is 16.6. The number of aromatic nitrogens is 4. The van der Waals surface area contributed by atoms with Gasteiger partial charge in [0.2, 0.25) is 5.91 Å². The minimum absolute atomic E-state index is 0.0228. The van der Waals surface area contributed by atoms with Crippen LogP contribution in [0.5, 0.6) is 0 Å². The van der Waals surface area contributed by atoms with Crippen LogP contribution in [-0.4, -0.2) is 37.6 Å². The first kappa shape index (κ1) is 20.9. The van der Waals surface area contributed by atoms with E-state index in [1.807, 2.05) is 6.92 Å². The lowest BCUT2D eigenvalue weighted by Gasteiger charge is -2.16. The van der Waals surface area contributed by atoms with Crippen molar-refractivity contribution in [2.45, 2.75) is 26.2 Å². The molecule has 1 atom stereocenters. The normalized spacial score (nSPS) is 12.0. The van der Waals surface area contributed by atoms with Crippen molar-refractivity contribution in [3.8, 4) is 5.69 Å². The fourth-order valence-corrected chi connectivity index (χ4v) is 3.11. The Labute approximate surface area is 172 Å². The molecule has 0 aliphatic heterocycles. The lowest BCUT2D eigenvalue weighted by molar-refractivity contribution is -0.120. The van der Waals surface area contributed by atoms with Gasteiger partial charge in [0.15, 0.2) is 0 Å². The van der Waals surface area contributed by atoms with E-state index in [1.165, 1.54) is 12.1 Å². The van der Waals surface area contributed by atoms with E-state index in [9.17, 15) is 9.18 Å². The topological polar surface area (TPSA) is 92.9 Å². The van der Waals surface area contributed by atoms with Crippen LogP contribution in [0.2, 0.25) is 5.02 Å². The molecule has 2 N–H and O–H groups in total. The molecule has 3 aromatic rings. The van der Waals surface area contributed by atoms with Crippen LogP contribution in [0.4, 0.5) is 10.1 Å². The SMILES string of the molecule is Cc1cnncc1-n1cc(NC(=O)[C@@H](CCCO)Cc2ccc(Cl)c(F)c2)cn1. The first-order valence-corrected chi connectivity index (χ1v) is 9.53. The van der Waals surface area contributed by atoms with Gasteiger partial charge in [0.25, 0.3) is 0 Å². The third kappa shape index (κ3) is 5.36. The molecule has 0 aliphatic carbocycles. The van der Waals surface area contributed by atoms with Crippen molar-refractivity contribution in [1.82, 2.24) is 20.0 Å². The van der Waals surface area contributed by atoms with Gasteiger partial charge in [-0.15, -0.1) is 0 Å². The number of aliphatic hydroxyl groups is 1. The Hall–Kier alpha value is -2.84. The van der Waals surface area contributed by atoms with E-state index in [0.29, 0.717) is 30.5 Å². The zero-order chi connectivity index (χ0) is 20.8. The standard InChI is InChI=1S/C20H21ClFN5O2/c1-13-9-23-24-11-19(13)27-12-16(10-25-27)26-20(29)15(3-2-6-28)7-14-4-5-17(21)18(22)8-14/h4-5,8-12,15,28H,2-3,6-7H2,1H3,(H,26,29)/t15-/m0/s1. The fraction of sp³-hybridized carbons (Fsp3) is 0.300. The largest absolute Gasteiger partial charge is 0.396 e. The van der Waals surface area contributed by atoms with Crippen LogP contribution < -0.4 is 5.32 Å². The molecule has 2 heterocycles. The maximum atomic E-state index is 13.7. The first-order chi connectivity index (χ1) is 14.0. The number of benzene rings is 1. The van der Waals surface area contributed by atoms with E-state index >= 15 is 0 Å². The zero-order valence-electron chi connectivity index (χ0n) is 15.8. The molecule has 0 bridgehead atoms. The Morgan fingerprint density at radius 1 is 1.31 bits per heavy atom. The number of amides is 1. The number of nitrogens with one attached hydrogen (secondary N) is 1. The predicted octanol–water partition coefficient (Wildman–Crippen LogP) is 3.33. The Kier molecular flexibility index (Phi) is 6.90. The van der Waals surface area contributed by atoms with Gasteiger partial charge in [-0.1, -0.05) is 17.7 Å². The van der Waals surface area contributed by atoms with E-state index in [1.54, 1.807) is 35.5 Å². The lowest BCUT2D eigenvalue weighted by Crippen LogP contribution is -2.25. The molecule has 0 radical (unpaired) electrons. The number of carbonyl (C=O) groups is 1. The smallest absolute Gasteiger partial charge is 0.227 e. The van der Waals surface area contributed by atoms with Crippen molar-refractivity contribution >= 4 is 23.2 Å². The number of anilines is 1.